The Balaban J connectivity index is 1.99. The number of rotatable bonds is 0. The summed E-state index contributed by atoms with van der Waals surface area (Å²) in [6, 6.07) is 4.64. The summed E-state index contributed by atoms with van der Waals surface area (Å²) in [5.41, 5.74) is 6.98. The number of halogens is 1. The predicted octanol–water partition coefficient (Wildman–Crippen LogP) is 3.26. The first-order valence-electron chi connectivity index (χ1n) is 6.46. The van der Waals surface area contributed by atoms with Crippen LogP contribution < -0.4 is 10.5 Å². The van der Waals surface area contributed by atoms with Gasteiger partial charge < -0.3 is 10.5 Å². The zero-order valence-electron chi connectivity index (χ0n) is 10.5. The van der Waals surface area contributed by atoms with E-state index in [4.69, 9.17) is 10.5 Å². The monoisotopic (exact) mass is 267 g/mol. The third-order valence-electron chi connectivity index (χ3n) is 4.11. The van der Waals surface area contributed by atoms with Gasteiger partial charge >= 0.3 is 0 Å². The summed E-state index contributed by atoms with van der Waals surface area (Å²) in [5, 5.41) is 0.411. The first-order valence-corrected chi connectivity index (χ1v) is 7.51. The second kappa shape index (κ2) is 4.42. The Bertz CT molecular complexity index is 467. The SMILES string of the molecule is CC1SCCCC12C[C@H](N)c1ccc(F)cc1O2. The van der Waals surface area contributed by atoms with Gasteiger partial charge in [0.25, 0.3) is 0 Å². The number of hydrogen-bond donors (Lipinski definition) is 1. The Morgan fingerprint density at radius 3 is 3.11 bits per heavy atom. The van der Waals surface area contributed by atoms with Crippen molar-refractivity contribution < 1.29 is 9.13 Å². The lowest BCUT2D eigenvalue weighted by Crippen LogP contribution is -2.51. The normalized spacial score (nSPS) is 35.1. The molecule has 2 aliphatic heterocycles. The van der Waals surface area contributed by atoms with Crippen LogP contribution in [0.5, 0.6) is 5.75 Å². The van der Waals surface area contributed by atoms with Crippen molar-refractivity contribution in [3.05, 3.63) is 29.6 Å². The fourth-order valence-corrected chi connectivity index (χ4v) is 4.26. The first kappa shape index (κ1) is 12.3. The van der Waals surface area contributed by atoms with E-state index in [1.165, 1.54) is 17.9 Å². The summed E-state index contributed by atoms with van der Waals surface area (Å²) in [6.07, 6.45) is 3.00. The molecule has 0 aromatic heterocycles. The Labute approximate surface area is 111 Å². The maximum absolute atomic E-state index is 13.3. The Morgan fingerprint density at radius 2 is 2.33 bits per heavy atom. The van der Waals surface area contributed by atoms with Gasteiger partial charge in [0.1, 0.15) is 17.2 Å². The van der Waals surface area contributed by atoms with Crippen LogP contribution in [0, 0.1) is 5.82 Å². The summed E-state index contributed by atoms with van der Waals surface area (Å²) in [4.78, 5) is 0. The molecule has 1 fully saturated rings. The molecule has 18 heavy (non-hydrogen) atoms. The molecule has 3 rings (SSSR count). The van der Waals surface area contributed by atoms with Gasteiger partial charge in [-0.25, -0.2) is 4.39 Å². The molecule has 2 nitrogen and oxygen atoms in total. The van der Waals surface area contributed by atoms with Gasteiger partial charge in [0.15, 0.2) is 0 Å². The molecule has 1 aromatic rings. The van der Waals surface area contributed by atoms with E-state index in [1.807, 2.05) is 11.8 Å². The summed E-state index contributed by atoms with van der Waals surface area (Å²) in [6.45, 7) is 2.20. The molecule has 2 aliphatic rings. The van der Waals surface area contributed by atoms with Crippen molar-refractivity contribution in [2.24, 2.45) is 5.73 Å². The van der Waals surface area contributed by atoms with Crippen LogP contribution in [-0.4, -0.2) is 16.6 Å². The molecule has 2 N–H and O–H groups in total. The van der Waals surface area contributed by atoms with Crippen LogP contribution in [0.3, 0.4) is 0 Å². The number of ether oxygens (including phenoxy) is 1. The third kappa shape index (κ3) is 1.91. The van der Waals surface area contributed by atoms with Crippen molar-refractivity contribution in [1.29, 1.82) is 0 Å². The minimum atomic E-state index is -0.255. The summed E-state index contributed by atoms with van der Waals surface area (Å²) >= 11 is 1.93. The van der Waals surface area contributed by atoms with Crippen LogP contribution in [0.15, 0.2) is 18.2 Å². The molecule has 0 radical (unpaired) electrons. The first-order chi connectivity index (χ1) is 8.61. The summed E-state index contributed by atoms with van der Waals surface area (Å²) in [5.74, 6) is 1.56. The van der Waals surface area contributed by atoms with Gasteiger partial charge in [-0.05, 0) is 31.6 Å². The van der Waals surface area contributed by atoms with E-state index >= 15 is 0 Å². The Kier molecular flexibility index (Phi) is 3.02. The standard InChI is InChI=1S/C14H18FNOS/c1-9-14(5-2-6-18-9)8-12(16)11-4-3-10(15)7-13(11)17-14/h3-4,7,9,12H,2,5-6,8,16H2,1H3/t9?,12-,14?/m0/s1. The Morgan fingerprint density at radius 1 is 1.50 bits per heavy atom. The minimum Gasteiger partial charge on any atom is -0.486 e. The van der Waals surface area contributed by atoms with Gasteiger partial charge in [0, 0.05) is 29.3 Å². The zero-order valence-corrected chi connectivity index (χ0v) is 11.3. The van der Waals surface area contributed by atoms with Crippen molar-refractivity contribution in [3.8, 4) is 5.75 Å². The predicted molar refractivity (Wildman–Crippen MR) is 72.5 cm³/mol. The summed E-state index contributed by atoms with van der Waals surface area (Å²) in [7, 11) is 0. The Hall–Kier alpha value is -0.740. The minimum absolute atomic E-state index is 0.0458. The van der Waals surface area contributed by atoms with Crippen molar-refractivity contribution in [3.63, 3.8) is 0 Å². The summed E-state index contributed by atoms with van der Waals surface area (Å²) < 4.78 is 19.5. The molecule has 98 valence electrons. The second-order valence-corrected chi connectivity index (χ2v) is 6.72. The molecular formula is C14H18FNOS. The fourth-order valence-electron chi connectivity index (χ4n) is 3.03. The van der Waals surface area contributed by atoms with E-state index in [2.05, 4.69) is 6.92 Å². The number of hydrogen-bond acceptors (Lipinski definition) is 3. The average molecular weight is 267 g/mol. The van der Waals surface area contributed by atoms with Gasteiger partial charge in [-0.15, -0.1) is 0 Å². The van der Waals surface area contributed by atoms with Crippen LogP contribution >= 0.6 is 11.8 Å². The zero-order chi connectivity index (χ0) is 12.8. The maximum Gasteiger partial charge on any atom is 0.127 e. The van der Waals surface area contributed by atoms with Gasteiger partial charge in [0.2, 0.25) is 0 Å². The van der Waals surface area contributed by atoms with Crippen LogP contribution in [0.2, 0.25) is 0 Å². The highest BCUT2D eigenvalue weighted by atomic mass is 32.2. The number of nitrogens with two attached hydrogens (primary N) is 1. The lowest BCUT2D eigenvalue weighted by Gasteiger charge is -2.47. The van der Waals surface area contributed by atoms with E-state index < -0.39 is 0 Å². The highest BCUT2D eigenvalue weighted by molar-refractivity contribution is 8.00. The van der Waals surface area contributed by atoms with Gasteiger partial charge in [-0.2, -0.15) is 11.8 Å². The highest BCUT2D eigenvalue weighted by Crippen LogP contribution is 2.47. The van der Waals surface area contributed by atoms with E-state index in [0.717, 1.165) is 24.8 Å². The number of thioether (sulfide) groups is 1. The van der Waals surface area contributed by atoms with Crippen molar-refractivity contribution in [1.82, 2.24) is 0 Å². The third-order valence-corrected chi connectivity index (χ3v) is 5.56. The lowest BCUT2D eigenvalue weighted by atomic mass is 9.82. The van der Waals surface area contributed by atoms with E-state index in [9.17, 15) is 4.39 Å². The molecule has 0 amide bonds. The molecular weight excluding hydrogens is 249 g/mol. The quantitative estimate of drug-likeness (QED) is 0.783. The van der Waals surface area contributed by atoms with E-state index in [0.29, 0.717) is 11.0 Å². The van der Waals surface area contributed by atoms with Crippen molar-refractivity contribution in [2.75, 3.05) is 5.75 Å². The molecule has 2 unspecified atom stereocenters. The van der Waals surface area contributed by atoms with E-state index in [-0.39, 0.29) is 17.5 Å². The molecule has 0 saturated carbocycles. The van der Waals surface area contributed by atoms with Crippen LogP contribution in [0.25, 0.3) is 0 Å². The molecule has 1 aromatic carbocycles. The van der Waals surface area contributed by atoms with Crippen LogP contribution in [0.4, 0.5) is 4.39 Å². The molecule has 0 bridgehead atoms. The molecule has 0 aliphatic carbocycles. The number of benzene rings is 1. The van der Waals surface area contributed by atoms with Gasteiger partial charge in [0.05, 0.1) is 0 Å². The molecule has 2 heterocycles. The molecule has 1 saturated heterocycles. The largest absolute Gasteiger partial charge is 0.486 e. The van der Waals surface area contributed by atoms with Crippen molar-refractivity contribution in [2.45, 2.75) is 43.1 Å². The van der Waals surface area contributed by atoms with Crippen LogP contribution in [-0.2, 0) is 0 Å². The van der Waals surface area contributed by atoms with Crippen LogP contribution in [0.1, 0.15) is 37.8 Å². The smallest absolute Gasteiger partial charge is 0.127 e. The fraction of sp³-hybridized carbons (Fsp3) is 0.571. The van der Waals surface area contributed by atoms with Gasteiger partial charge in [-0.1, -0.05) is 6.07 Å². The van der Waals surface area contributed by atoms with Gasteiger partial charge in [-0.3, -0.25) is 0 Å². The second-order valence-electron chi connectivity index (χ2n) is 5.28. The highest BCUT2D eigenvalue weighted by Gasteiger charge is 2.45. The maximum atomic E-state index is 13.3. The number of fused-ring (bicyclic) bond motifs is 1. The topological polar surface area (TPSA) is 35.2 Å². The molecule has 1 spiro atoms. The van der Waals surface area contributed by atoms with Crippen molar-refractivity contribution >= 4 is 11.8 Å². The molecule has 4 heteroatoms. The average Bonchev–Trinajstić information content (AvgIpc) is 2.32. The lowest BCUT2D eigenvalue weighted by molar-refractivity contribution is 0.0252. The molecule has 3 atom stereocenters. The van der Waals surface area contributed by atoms with E-state index in [1.54, 1.807) is 6.07 Å².